The highest BCUT2D eigenvalue weighted by Crippen LogP contribution is 2.22. The molecular weight excluding hydrogens is 400 g/mol. The van der Waals surface area contributed by atoms with Crippen molar-refractivity contribution in [2.45, 2.75) is 32.4 Å². The van der Waals surface area contributed by atoms with E-state index in [4.69, 9.17) is 5.11 Å². The number of thiophene rings is 1. The number of carboxylic acids is 1. The van der Waals surface area contributed by atoms with Gasteiger partial charge in [0.1, 0.15) is 0 Å². The van der Waals surface area contributed by atoms with E-state index in [0.29, 0.717) is 19.5 Å². The summed E-state index contributed by atoms with van der Waals surface area (Å²) in [5.74, 6) is -1.11. The molecule has 1 amide bonds. The Morgan fingerprint density at radius 1 is 1.35 bits per heavy atom. The molecular formula is C16H25ClN2O5S2. The van der Waals surface area contributed by atoms with E-state index in [1.54, 1.807) is 9.80 Å². The van der Waals surface area contributed by atoms with Crippen LogP contribution in [0.3, 0.4) is 0 Å². The lowest BCUT2D eigenvalue weighted by Gasteiger charge is -2.30. The van der Waals surface area contributed by atoms with Crippen molar-refractivity contribution >= 4 is 45.5 Å². The standard InChI is InChI=1S/C16H24N2O5S2.ClH/c1-2-6-17(11-16(20)21)10-15(19)18(9-14-4-3-7-24-14)13-5-8-25(22,23)12-13;/h3-4,7,13H,2,5-6,8-12H2,1H3,(H,20,21);1H. The molecule has 0 spiro atoms. The Bertz CT molecular complexity index is 694. The van der Waals surface area contributed by atoms with Crippen molar-refractivity contribution in [2.24, 2.45) is 0 Å². The van der Waals surface area contributed by atoms with Gasteiger partial charge in [-0.3, -0.25) is 14.5 Å². The fourth-order valence-electron chi connectivity index (χ4n) is 3.02. The second kappa shape index (κ2) is 10.2. The summed E-state index contributed by atoms with van der Waals surface area (Å²) in [6.45, 7) is 2.58. The number of carboxylic acid groups (broad SMARTS) is 1. The van der Waals surface area contributed by atoms with Crippen LogP contribution in [-0.2, 0) is 26.0 Å². The molecule has 1 aliphatic heterocycles. The summed E-state index contributed by atoms with van der Waals surface area (Å²) in [4.78, 5) is 28.0. The molecule has 1 unspecified atom stereocenters. The normalized spacial score (nSPS) is 18.5. The molecule has 0 bridgehead atoms. The number of hydrogen-bond acceptors (Lipinski definition) is 6. The molecule has 1 aliphatic rings. The lowest BCUT2D eigenvalue weighted by atomic mass is 10.2. The molecule has 10 heteroatoms. The van der Waals surface area contributed by atoms with Crippen LogP contribution in [0, 0.1) is 0 Å². The number of carbonyl (C=O) groups excluding carboxylic acids is 1. The summed E-state index contributed by atoms with van der Waals surface area (Å²) in [6.07, 6.45) is 1.18. The molecule has 1 fully saturated rings. The van der Waals surface area contributed by atoms with E-state index in [9.17, 15) is 18.0 Å². The minimum atomic E-state index is -3.11. The van der Waals surface area contributed by atoms with E-state index in [-0.39, 0.29) is 49.0 Å². The number of aliphatic carboxylic acids is 1. The van der Waals surface area contributed by atoms with Gasteiger partial charge in [0.25, 0.3) is 0 Å². The number of halogens is 1. The Morgan fingerprint density at radius 2 is 2.08 bits per heavy atom. The third-order valence-electron chi connectivity index (χ3n) is 4.13. The Hall–Kier alpha value is -1.16. The number of nitrogens with zero attached hydrogens (tertiary/aromatic N) is 2. The maximum atomic E-state index is 12.8. The van der Waals surface area contributed by atoms with Gasteiger partial charge in [0.2, 0.25) is 5.91 Å². The summed E-state index contributed by atoms with van der Waals surface area (Å²) in [5.41, 5.74) is 0. The van der Waals surface area contributed by atoms with Crippen LogP contribution in [0.1, 0.15) is 24.6 Å². The largest absolute Gasteiger partial charge is 0.480 e. The predicted octanol–water partition coefficient (Wildman–Crippen LogP) is 1.48. The maximum absolute atomic E-state index is 12.8. The zero-order chi connectivity index (χ0) is 18.4. The first-order valence-electron chi connectivity index (χ1n) is 8.27. The van der Waals surface area contributed by atoms with Crippen LogP contribution < -0.4 is 0 Å². The van der Waals surface area contributed by atoms with Crippen molar-refractivity contribution in [1.29, 1.82) is 0 Å². The average Bonchev–Trinajstić information content (AvgIpc) is 3.13. The molecule has 2 rings (SSSR count). The van der Waals surface area contributed by atoms with Crippen LogP contribution in [0.4, 0.5) is 0 Å². The van der Waals surface area contributed by atoms with Crippen LogP contribution >= 0.6 is 23.7 Å². The molecule has 148 valence electrons. The van der Waals surface area contributed by atoms with Gasteiger partial charge in [0.05, 0.1) is 31.1 Å². The van der Waals surface area contributed by atoms with E-state index in [2.05, 4.69) is 0 Å². The van der Waals surface area contributed by atoms with Gasteiger partial charge in [-0.1, -0.05) is 13.0 Å². The lowest BCUT2D eigenvalue weighted by Crippen LogP contribution is -2.46. The van der Waals surface area contributed by atoms with Crippen molar-refractivity contribution in [3.8, 4) is 0 Å². The van der Waals surface area contributed by atoms with Crippen molar-refractivity contribution in [1.82, 2.24) is 9.80 Å². The Labute approximate surface area is 164 Å². The van der Waals surface area contributed by atoms with Crippen LogP contribution in [0.15, 0.2) is 17.5 Å². The lowest BCUT2D eigenvalue weighted by molar-refractivity contribution is -0.140. The van der Waals surface area contributed by atoms with E-state index in [1.807, 2.05) is 24.4 Å². The van der Waals surface area contributed by atoms with Gasteiger partial charge < -0.3 is 10.0 Å². The van der Waals surface area contributed by atoms with Gasteiger partial charge in [-0.2, -0.15) is 0 Å². The van der Waals surface area contributed by atoms with Crippen molar-refractivity contribution in [3.05, 3.63) is 22.4 Å². The smallest absolute Gasteiger partial charge is 0.317 e. The Balaban J connectivity index is 0.00000338. The Morgan fingerprint density at radius 3 is 2.58 bits per heavy atom. The maximum Gasteiger partial charge on any atom is 0.317 e. The number of rotatable bonds is 9. The van der Waals surface area contributed by atoms with Crippen LogP contribution in [0.25, 0.3) is 0 Å². The quantitative estimate of drug-likeness (QED) is 0.645. The molecule has 1 N–H and O–H groups in total. The summed E-state index contributed by atoms with van der Waals surface area (Å²) in [6, 6.07) is 3.46. The zero-order valence-electron chi connectivity index (χ0n) is 14.7. The summed E-state index contributed by atoms with van der Waals surface area (Å²) in [7, 11) is -3.11. The highest BCUT2D eigenvalue weighted by molar-refractivity contribution is 7.91. The van der Waals surface area contributed by atoms with Gasteiger partial charge in [0.15, 0.2) is 9.84 Å². The summed E-state index contributed by atoms with van der Waals surface area (Å²) >= 11 is 1.52. The molecule has 1 aromatic heterocycles. The van der Waals surface area contributed by atoms with Crippen LogP contribution in [0.2, 0.25) is 0 Å². The molecule has 0 aliphatic carbocycles. The molecule has 1 aromatic rings. The van der Waals surface area contributed by atoms with Gasteiger partial charge in [-0.25, -0.2) is 8.42 Å². The van der Waals surface area contributed by atoms with Crippen LogP contribution in [0.5, 0.6) is 0 Å². The third-order valence-corrected chi connectivity index (χ3v) is 6.74. The number of carbonyl (C=O) groups is 2. The molecule has 0 saturated carbocycles. The average molecular weight is 425 g/mol. The molecule has 0 radical (unpaired) electrons. The first-order valence-corrected chi connectivity index (χ1v) is 11.0. The summed E-state index contributed by atoms with van der Waals surface area (Å²) < 4.78 is 23.6. The topological polar surface area (TPSA) is 95.0 Å². The van der Waals surface area contributed by atoms with Gasteiger partial charge in [-0.15, -0.1) is 23.7 Å². The molecule has 7 nitrogen and oxygen atoms in total. The predicted molar refractivity (Wildman–Crippen MR) is 104 cm³/mol. The number of sulfone groups is 1. The van der Waals surface area contributed by atoms with E-state index >= 15 is 0 Å². The third kappa shape index (κ3) is 6.86. The fraction of sp³-hybridized carbons (Fsp3) is 0.625. The molecule has 0 aromatic carbocycles. The number of hydrogen-bond donors (Lipinski definition) is 1. The first kappa shape index (κ1) is 22.9. The van der Waals surface area contributed by atoms with Gasteiger partial charge in [0, 0.05) is 10.9 Å². The van der Waals surface area contributed by atoms with Crippen LogP contribution in [-0.4, -0.2) is 72.4 Å². The number of amides is 1. The van der Waals surface area contributed by atoms with Crippen molar-refractivity contribution in [2.75, 3.05) is 31.1 Å². The molecule has 1 atom stereocenters. The second-order valence-corrected chi connectivity index (χ2v) is 9.52. The first-order chi connectivity index (χ1) is 11.8. The SMILES string of the molecule is CCCN(CC(=O)O)CC(=O)N(Cc1cccs1)C1CCS(=O)(=O)C1.Cl. The van der Waals surface area contributed by atoms with E-state index in [1.165, 1.54) is 11.3 Å². The Kier molecular flexibility index (Phi) is 9.02. The van der Waals surface area contributed by atoms with E-state index < -0.39 is 15.8 Å². The van der Waals surface area contributed by atoms with Gasteiger partial charge >= 0.3 is 5.97 Å². The minimum Gasteiger partial charge on any atom is -0.480 e. The highest BCUT2D eigenvalue weighted by Gasteiger charge is 2.35. The van der Waals surface area contributed by atoms with Crippen molar-refractivity contribution in [3.63, 3.8) is 0 Å². The molecule has 2 heterocycles. The van der Waals surface area contributed by atoms with Crippen molar-refractivity contribution < 1.29 is 23.1 Å². The summed E-state index contributed by atoms with van der Waals surface area (Å²) in [5, 5.41) is 10.9. The fourth-order valence-corrected chi connectivity index (χ4v) is 5.45. The van der Waals surface area contributed by atoms with Gasteiger partial charge in [-0.05, 0) is 30.8 Å². The minimum absolute atomic E-state index is 0. The highest BCUT2D eigenvalue weighted by atomic mass is 35.5. The zero-order valence-corrected chi connectivity index (χ0v) is 17.1. The van der Waals surface area contributed by atoms with E-state index in [0.717, 1.165) is 11.3 Å². The second-order valence-electron chi connectivity index (χ2n) is 6.26. The molecule has 26 heavy (non-hydrogen) atoms. The monoisotopic (exact) mass is 424 g/mol. The molecule has 1 saturated heterocycles.